The summed E-state index contributed by atoms with van der Waals surface area (Å²) < 4.78 is 0. The second-order valence-corrected chi connectivity index (χ2v) is 6.56. The van der Waals surface area contributed by atoms with Gasteiger partial charge in [0.15, 0.2) is 0 Å². The van der Waals surface area contributed by atoms with Crippen LogP contribution in [0.5, 0.6) is 0 Å². The SMILES string of the molecule is Nc1ccc2c(c1)CN(C(=O)CCCc1cccs1)CC2. The van der Waals surface area contributed by atoms with Crippen LogP contribution in [0.15, 0.2) is 35.7 Å². The van der Waals surface area contributed by atoms with Gasteiger partial charge in [-0.3, -0.25) is 4.79 Å². The summed E-state index contributed by atoms with van der Waals surface area (Å²) in [6.07, 6.45) is 3.50. The third kappa shape index (κ3) is 3.45. The summed E-state index contributed by atoms with van der Waals surface area (Å²) in [5.41, 5.74) is 9.14. The van der Waals surface area contributed by atoms with Crippen molar-refractivity contribution < 1.29 is 4.79 Å². The van der Waals surface area contributed by atoms with E-state index in [1.165, 1.54) is 16.0 Å². The number of amides is 1. The normalized spacial score (nSPS) is 14.0. The Kier molecular flexibility index (Phi) is 4.25. The third-order valence-electron chi connectivity index (χ3n) is 3.99. The van der Waals surface area contributed by atoms with E-state index in [9.17, 15) is 4.79 Å². The lowest BCUT2D eigenvalue weighted by Crippen LogP contribution is -2.35. The quantitative estimate of drug-likeness (QED) is 0.881. The van der Waals surface area contributed by atoms with E-state index < -0.39 is 0 Å². The van der Waals surface area contributed by atoms with Crippen molar-refractivity contribution in [2.75, 3.05) is 12.3 Å². The van der Waals surface area contributed by atoms with E-state index in [4.69, 9.17) is 5.73 Å². The van der Waals surface area contributed by atoms with Crippen molar-refractivity contribution in [2.45, 2.75) is 32.2 Å². The van der Waals surface area contributed by atoms with Crippen LogP contribution in [0.4, 0.5) is 5.69 Å². The molecule has 1 aliphatic heterocycles. The fourth-order valence-electron chi connectivity index (χ4n) is 2.82. The zero-order valence-electron chi connectivity index (χ0n) is 12.0. The highest BCUT2D eigenvalue weighted by Crippen LogP contribution is 2.22. The molecule has 0 aliphatic carbocycles. The summed E-state index contributed by atoms with van der Waals surface area (Å²) >= 11 is 1.76. The molecule has 0 fully saturated rings. The molecule has 4 heteroatoms. The molecular weight excluding hydrogens is 280 g/mol. The van der Waals surface area contributed by atoms with E-state index in [1.54, 1.807) is 11.3 Å². The molecule has 0 unspecified atom stereocenters. The molecule has 0 bridgehead atoms. The van der Waals surface area contributed by atoms with Gasteiger partial charge >= 0.3 is 0 Å². The van der Waals surface area contributed by atoms with Crippen LogP contribution in [0, 0.1) is 0 Å². The van der Waals surface area contributed by atoms with Gasteiger partial charge in [0.05, 0.1) is 0 Å². The molecule has 0 saturated carbocycles. The lowest BCUT2D eigenvalue weighted by atomic mass is 9.98. The summed E-state index contributed by atoms with van der Waals surface area (Å²) in [6, 6.07) is 10.2. The van der Waals surface area contributed by atoms with Gasteiger partial charge in [-0.15, -0.1) is 11.3 Å². The number of benzene rings is 1. The number of carbonyl (C=O) groups excluding carboxylic acids is 1. The molecule has 2 heterocycles. The van der Waals surface area contributed by atoms with Crippen molar-refractivity contribution in [1.29, 1.82) is 0 Å². The highest BCUT2D eigenvalue weighted by Gasteiger charge is 2.20. The second kappa shape index (κ2) is 6.31. The van der Waals surface area contributed by atoms with Crippen molar-refractivity contribution in [3.8, 4) is 0 Å². The molecule has 2 aromatic rings. The largest absolute Gasteiger partial charge is 0.399 e. The van der Waals surface area contributed by atoms with E-state index in [2.05, 4.69) is 23.6 Å². The molecule has 1 amide bonds. The number of hydrogen-bond acceptors (Lipinski definition) is 3. The summed E-state index contributed by atoms with van der Waals surface area (Å²) in [5, 5.41) is 2.09. The Hall–Kier alpha value is -1.81. The maximum Gasteiger partial charge on any atom is 0.222 e. The lowest BCUT2D eigenvalue weighted by molar-refractivity contribution is -0.132. The maximum absolute atomic E-state index is 12.3. The Balaban J connectivity index is 1.54. The van der Waals surface area contributed by atoms with Crippen LogP contribution in [-0.4, -0.2) is 17.4 Å². The Morgan fingerprint density at radius 2 is 2.19 bits per heavy atom. The third-order valence-corrected chi connectivity index (χ3v) is 4.93. The average Bonchev–Trinajstić information content (AvgIpc) is 2.99. The van der Waals surface area contributed by atoms with Gasteiger partial charge in [0.25, 0.3) is 0 Å². The Morgan fingerprint density at radius 1 is 1.29 bits per heavy atom. The monoisotopic (exact) mass is 300 g/mol. The number of carbonyl (C=O) groups is 1. The number of anilines is 1. The Labute approximate surface area is 129 Å². The number of aryl methyl sites for hydroxylation is 1. The van der Waals surface area contributed by atoms with Crippen molar-refractivity contribution in [1.82, 2.24) is 4.90 Å². The van der Waals surface area contributed by atoms with Gasteiger partial charge < -0.3 is 10.6 Å². The second-order valence-electron chi connectivity index (χ2n) is 5.53. The summed E-state index contributed by atoms with van der Waals surface area (Å²) in [4.78, 5) is 15.6. The number of thiophene rings is 1. The van der Waals surface area contributed by atoms with Crippen molar-refractivity contribution in [3.05, 3.63) is 51.7 Å². The van der Waals surface area contributed by atoms with Crippen molar-refractivity contribution >= 4 is 22.9 Å². The minimum atomic E-state index is 0.264. The van der Waals surface area contributed by atoms with Gasteiger partial charge in [0.2, 0.25) is 5.91 Å². The average molecular weight is 300 g/mol. The van der Waals surface area contributed by atoms with Gasteiger partial charge in [0, 0.05) is 30.1 Å². The smallest absolute Gasteiger partial charge is 0.222 e. The first-order chi connectivity index (χ1) is 10.2. The predicted octanol–water partition coefficient (Wildman–Crippen LogP) is 3.24. The van der Waals surface area contributed by atoms with Crippen LogP contribution in [0.1, 0.15) is 28.8 Å². The van der Waals surface area contributed by atoms with Gasteiger partial charge in [-0.25, -0.2) is 0 Å². The van der Waals surface area contributed by atoms with E-state index in [-0.39, 0.29) is 5.91 Å². The molecule has 3 rings (SSSR count). The number of nitrogens with two attached hydrogens (primary N) is 1. The van der Waals surface area contributed by atoms with Gasteiger partial charge in [-0.1, -0.05) is 12.1 Å². The Morgan fingerprint density at radius 3 is 3.00 bits per heavy atom. The van der Waals surface area contributed by atoms with E-state index in [0.29, 0.717) is 13.0 Å². The zero-order chi connectivity index (χ0) is 14.7. The molecule has 0 atom stereocenters. The first-order valence-corrected chi connectivity index (χ1v) is 8.28. The first-order valence-electron chi connectivity index (χ1n) is 7.40. The fourth-order valence-corrected chi connectivity index (χ4v) is 3.57. The van der Waals surface area contributed by atoms with E-state index >= 15 is 0 Å². The number of nitrogen functional groups attached to an aromatic ring is 1. The van der Waals surface area contributed by atoms with Crippen LogP contribution < -0.4 is 5.73 Å². The molecule has 21 heavy (non-hydrogen) atoms. The molecule has 1 aliphatic rings. The molecule has 110 valence electrons. The highest BCUT2D eigenvalue weighted by atomic mass is 32.1. The van der Waals surface area contributed by atoms with Crippen LogP contribution in [0.3, 0.4) is 0 Å². The Bertz CT molecular complexity index is 622. The minimum Gasteiger partial charge on any atom is -0.399 e. The standard InChI is InChI=1S/C17H20N2OS/c18-15-7-6-13-8-9-19(12-14(13)11-15)17(20)5-1-3-16-4-2-10-21-16/h2,4,6-7,10-11H,1,3,5,8-9,12,18H2. The summed E-state index contributed by atoms with van der Waals surface area (Å²) in [7, 11) is 0. The zero-order valence-corrected chi connectivity index (χ0v) is 12.9. The molecule has 1 aromatic heterocycles. The maximum atomic E-state index is 12.3. The van der Waals surface area contributed by atoms with Crippen LogP contribution in [0.2, 0.25) is 0 Å². The topological polar surface area (TPSA) is 46.3 Å². The molecule has 0 radical (unpaired) electrons. The van der Waals surface area contributed by atoms with Gasteiger partial charge in [0.1, 0.15) is 0 Å². The molecule has 2 N–H and O–H groups in total. The lowest BCUT2D eigenvalue weighted by Gasteiger charge is -2.29. The van der Waals surface area contributed by atoms with Crippen molar-refractivity contribution in [2.24, 2.45) is 0 Å². The molecule has 0 saturated heterocycles. The van der Waals surface area contributed by atoms with E-state index in [0.717, 1.165) is 31.5 Å². The van der Waals surface area contributed by atoms with Gasteiger partial charge in [-0.2, -0.15) is 0 Å². The predicted molar refractivity (Wildman–Crippen MR) is 87.2 cm³/mol. The van der Waals surface area contributed by atoms with Gasteiger partial charge in [-0.05, 0) is 54.0 Å². The number of hydrogen-bond donors (Lipinski definition) is 1. The summed E-state index contributed by atoms with van der Waals surface area (Å²) in [5.74, 6) is 0.264. The highest BCUT2D eigenvalue weighted by molar-refractivity contribution is 7.09. The fraction of sp³-hybridized carbons (Fsp3) is 0.353. The van der Waals surface area contributed by atoms with Crippen LogP contribution in [-0.2, 0) is 24.2 Å². The number of rotatable bonds is 4. The number of nitrogens with zero attached hydrogens (tertiary/aromatic N) is 1. The number of fused-ring (bicyclic) bond motifs is 1. The molecular formula is C17H20N2OS. The van der Waals surface area contributed by atoms with Crippen LogP contribution >= 0.6 is 11.3 Å². The summed E-state index contributed by atoms with van der Waals surface area (Å²) in [6.45, 7) is 1.53. The molecule has 1 aromatic carbocycles. The molecule has 0 spiro atoms. The van der Waals surface area contributed by atoms with Crippen LogP contribution in [0.25, 0.3) is 0 Å². The molecule has 3 nitrogen and oxygen atoms in total. The van der Waals surface area contributed by atoms with Crippen molar-refractivity contribution in [3.63, 3.8) is 0 Å². The minimum absolute atomic E-state index is 0.264. The van der Waals surface area contributed by atoms with E-state index in [1.807, 2.05) is 17.0 Å². The first kappa shape index (κ1) is 14.1.